The predicted molar refractivity (Wildman–Crippen MR) is 108 cm³/mol. The number of rotatable bonds is 9. The van der Waals surface area contributed by atoms with Crippen LogP contribution in [0.4, 0.5) is 11.4 Å². The fraction of sp³-hybridized carbons (Fsp3) is 0.526. The third-order valence-corrected chi connectivity index (χ3v) is 3.90. The lowest BCUT2D eigenvalue weighted by Gasteiger charge is -2.11. The Labute approximate surface area is 156 Å². The predicted octanol–water partition coefficient (Wildman–Crippen LogP) is 4.45. The van der Waals surface area contributed by atoms with Crippen LogP contribution in [0.1, 0.15) is 59.3 Å². The van der Waals surface area contributed by atoms with Gasteiger partial charge in [0.2, 0.25) is 11.8 Å². The van der Waals surface area contributed by atoms with Gasteiger partial charge in [-0.3, -0.25) is 9.59 Å². The second-order valence-electron chi connectivity index (χ2n) is 6.39. The van der Waals surface area contributed by atoms with E-state index in [0.29, 0.717) is 6.42 Å². The highest BCUT2D eigenvalue weighted by atomic mass is 32.1. The van der Waals surface area contributed by atoms with E-state index in [2.05, 4.69) is 22.9 Å². The SMILES string of the molecule is CCCCCCCC(=O)NC(=S)Nc1ccc(NC(=O)C(C)C)cc1. The maximum absolute atomic E-state index is 11.8. The minimum atomic E-state index is -0.0671. The molecule has 2 amide bonds. The van der Waals surface area contributed by atoms with Crippen LogP contribution in [0, 0.1) is 5.92 Å². The molecule has 138 valence electrons. The van der Waals surface area contributed by atoms with Gasteiger partial charge in [-0.25, -0.2) is 0 Å². The first kappa shape index (κ1) is 21.1. The molecule has 1 aromatic rings. The molecule has 0 saturated carbocycles. The molecule has 25 heavy (non-hydrogen) atoms. The lowest BCUT2D eigenvalue weighted by atomic mass is 10.1. The standard InChI is InChI=1S/C19H29N3O2S/c1-4-5-6-7-8-9-17(23)22-19(25)21-16-12-10-15(11-13-16)20-18(24)14(2)3/h10-14H,4-9H2,1-3H3,(H,20,24)(H2,21,22,23,25). The van der Waals surface area contributed by atoms with Crippen molar-refractivity contribution in [1.29, 1.82) is 0 Å². The average molecular weight is 364 g/mol. The Bertz CT molecular complexity index is 571. The summed E-state index contributed by atoms with van der Waals surface area (Å²) in [5, 5.41) is 8.78. The van der Waals surface area contributed by atoms with Crippen molar-refractivity contribution in [2.45, 2.75) is 59.3 Å². The molecule has 0 spiro atoms. The monoisotopic (exact) mass is 363 g/mol. The molecule has 5 nitrogen and oxygen atoms in total. The Morgan fingerprint density at radius 3 is 2.08 bits per heavy atom. The molecule has 0 fully saturated rings. The van der Waals surface area contributed by atoms with Crippen LogP contribution in [0.5, 0.6) is 0 Å². The maximum atomic E-state index is 11.8. The number of thiocarbonyl (C=S) groups is 1. The molecule has 0 atom stereocenters. The third kappa shape index (κ3) is 9.19. The van der Waals surface area contributed by atoms with Gasteiger partial charge in [0.1, 0.15) is 0 Å². The summed E-state index contributed by atoms with van der Waals surface area (Å²) in [6.45, 7) is 5.86. The van der Waals surface area contributed by atoms with Crippen molar-refractivity contribution in [1.82, 2.24) is 5.32 Å². The molecule has 1 rings (SSSR count). The second-order valence-corrected chi connectivity index (χ2v) is 6.80. The molecule has 0 aliphatic rings. The van der Waals surface area contributed by atoms with Gasteiger partial charge in [0.05, 0.1) is 0 Å². The van der Waals surface area contributed by atoms with Crippen molar-refractivity contribution in [2.75, 3.05) is 10.6 Å². The van der Waals surface area contributed by atoms with Crippen molar-refractivity contribution in [3.8, 4) is 0 Å². The van der Waals surface area contributed by atoms with Crippen molar-refractivity contribution < 1.29 is 9.59 Å². The Kier molecular flexibility index (Phi) is 9.77. The van der Waals surface area contributed by atoms with Crippen molar-refractivity contribution >= 4 is 40.5 Å². The average Bonchev–Trinajstić information content (AvgIpc) is 2.56. The quantitative estimate of drug-likeness (QED) is 0.448. The summed E-state index contributed by atoms with van der Waals surface area (Å²) in [6, 6.07) is 7.19. The summed E-state index contributed by atoms with van der Waals surface area (Å²) in [4.78, 5) is 23.5. The fourth-order valence-corrected chi connectivity index (χ4v) is 2.40. The van der Waals surface area contributed by atoms with Crippen molar-refractivity contribution in [2.24, 2.45) is 5.92 Å². The molecule has 0 aromatic heterocycles. The number of nitrogens with one attached hydrogen (secondary N) is 3. The van der Waals surface area contributed by atoms with E-state index in [9.17, 15) is 9.59 Å². The molecule has 0 unspecified atom stereocenters. The zero-order valence-electron chi connectivity index (χ0n) is 15.4. The molecule has 6 heteroatoms. The Balaban J connectivity index is 2.34. The maximum Gasteiger partial charge on any atom is 0.226 e. The second kappa shape index (κ2) is 11.6. The number of hydrogen-bond donors (Lipinski definition) is 3. The highest BCUT2D eigenvalue weighted by Gasteiger charge is 2.08. The Morgan fingerprint density at radius 2 is 1.52 bits per heavy atom. The van der Waals surface area contributed by atoms with Gasteiger partial charge in [-0.05, 0) is 42.9 Å². The first-order chi connectivity index (χ1) is 11.9. The number of benzene rings is 1. The first-order valence-electron chi connectivity index (χ1n) is 8.94. The molecule has 0 radical (unpaired) electrons. The lowest BCUT2D eigenvalue weighted by Crippen LogP contribution is -2.33. The highest BCUT2D eigenvalue weighted by Crippen LogP contribution is 2.14. The van der Waals surface area contributed by atoms with Gasteiger partial charge in [-0.15, -0.1) is 0 Å². The Hall–Kier alpha value is -1.95. The molecule has 0 aliphatic carbocycles. The van der Waals surface area contributed by atoms with Crippen LogP contribution in [0.15, 0.2) is 24.3 Å². The topological polar surface area (TPSA) is 70.2 Å². The summed E-state index contributed by atoms with van der Waals surface area (Å²) >= 11 is 5.16. The van der Waals surface area contributed by atoms with Crippen LogP contribution in [-0.4, -0.2) is 16.9 Å². The lowest BCUT2D eigenvalue weighted by molar-refractivity contribution is -0.120. The molecule has 0 saturated heterocycles. The summed E-state index contributed by atoms with van der Waals surface area (Å²) in [6.07, 6.45) is 6.04. The van der Waals surface area contributed by atoms with Crippen molar-refractivity contribution in [3.05, 3.63) is 24.3 Å². The van der Waals surface area contributed by atoms with Gasteiger partial charge in [-0.2, -0.15) is 0 Å². The Morgan fingerprint density at radius 1 is 0.960 bits per heavy atom. The zero-order valence-corrected chi connectivity index (χ0v) is 16.2. The third-order valence-electron chi connectivity index (χ3n) is 3.70. The molecule has 0 bridgehead atoms. The largest absolute Gasteiger partial charge is 0.332 e. The molecule has 3 N–H and O–H groups in total. The van der Waals surface area contributed by atoms with Crippen LogP contribution < -0.4 is 16.0 Å². The number of amides is 2. The fourth-order valence-electron chi connectivity index (χ4n) is 2.16. The van der Waals surface area contributed by atoms with E-state index >= 15 is 0 Å². The smallest absolute Gasteiger partial charge is 0.226 e. The molecular formula is C19H29N3O2S. The number of hydrogen-bond acceptors (Lipinski definition) is 3. The number of unbranched alkanes of at least 4 members (excludes halogenated alkanes) is 4. The van der Waals surface area contributed by atoms with E-state index in [1.54, 1.807) is 24.3 Å². The normalized spacial score (nSPS) is 10.4. The van der Waals surface area contributed by atoms with Gasteiger partial charge in [-0.1, -0.05) is 46.5 Å². The van der Waals surface area contributed by atoms with Crippen LogP contribution in [-0.2, 0) is 9.59 Å². The summed E-state index contributed by atoms with van der Waals surface area (Å²) in [5.41, 5.74) is 1.49. The van der Waals surface area contributed by atoms with E-state index in [0.717, 1.165) is 24.2 Å². The molecule has 0 aliphatic heterocycles. The van der Waals surface area contributed by atoms with Gasteiger partial charge in [0.15, 0.2) is 5.11 Å². The van der Waals surface area contributed by atoms with Gasteiger partial charge < -0.3 is 16.0 Å². The van der Waals surface area contributed by atoms with E-state index in [-0.39, 0.29) is 22.8 Å². The van der Waals surface area contributed by atoms with Crippen LogP contribution in [0.25, 0.3) is 0 Å². The van der Waals surface area contributed by atoms with E-state index in [4.69, 9.17) is 12.2 Å². The van der Waals surface area contributed by atoms with Gasteiger partial charge >= 0.3 is 0 Å². The number of anilines is 2. The van der Waals surface area contributed by atoms with E-state index in [1.165, 1.54) is 19.3 Å². The minimum Gasteiger partial charge on any atom is -0.332 e. The van der Waals surface area contributed by atoms with E-state index in [1.807, 2.05) is 13.8 Å². The summed E-state index contributed by atoms with van der Waals surface area (Å²) < 4.78 is 0. The summed E-state index contributed by atoms with van der Waals surface area (Å²) in [5.74, 6) is -0.153. The first-order valence-corrected chi connectivity index (χ1v) is 9.35. The molecule has 0 heterocycles. The van der Waals surface area contributed by atoms with Gasteiger partial charge in [0, 0.05) is 23.7 Å². The highest BCUT2D eigenvalue weighted by molar-refractivity contribution is 7.80. The zero-order chi connectivity index (χ0) is 18.7. The van der Waals surface area contributed by atoms with E-state index < -0.39 is 0 Å². The minimum absolute atomic E-state index is 0.0255. The van der Waals surface area contributed by atoms with Crippen LogP contribution >= 0.6 is 12.2 Å². The summed E-state index contributed by atoms with van der Waals surface area (Å²) in [7, 11) is 0. The number of carbonyl (C=O) groups excluding carboxylic acids is 2. The van der Waals surface area contributed by atoms with Crippen molar-refractivity contribution in [3.63, 3.8) is 0 Å². The van der Waals surface area contributed by atoms with Gasteiger partial charge in [0.25, 0.3) is 0 Å². The molecule has 1 aromatic carbocycles. The number of carbonyl (C=O) groups is 2. The molecular weight excluding hydrogens is 334 g/mol. The van der Waals surface area contributed by atoms with Crippen LogP contribution in [0.2, 0.25) is 0 Å². The van der Waals surface area contributed by atoms with Crippen LogP contribution in [0.3, 0.4) is 0 Å².